The van der Waals surface area contributed by atoms with Crippen LogP contribution in [0.2, 0.25) is 5.82 Å². The molecule has 0 aromatic carbocycles. The average Bonchev–Trinajstić information content (AvgIpc) is 2.98. The predicted molar refractivity (Wildman–Crippen MR) is 48.1 cm³/mol. The number of hydrogen-bond acceptors (Lipinski definition) is 2. The van der Waals surface area contributed by atoms with Crippen LogP contribution in [0.25, 0.3) is 0 Å². The highest BCUT2D eigenvalue weighted by molar-refractivity contribution is 6.47. The molecular weight excluding hydrogens is 189 g/mol. The molecule has 0 radical (unpaired) electrons. The molecule has 0 aliphatic heterocycles. The Morgan fingerprint density at radius 3 is 2.57 bits per heavy atom. The normalized spacial score (nSPS) is 35.2. The summed E-state index contributed by atoms with van der Waals surface area (Å²) in [6, 6.07) is 0. The van der Waals surface area contributed by atoms with Gasteiger partial charge in [0.15, 0.2) is 0 Å². The maximum absolute atomic E-state index is 12.5. The van der Waals surface area contributed by atoms with E-state index in [4.69, 9.17) is 4.74 Å². The van der Waals surface area contributed by atoms with E-state index >= 15 is 0 Å². The summed E-state index contributed by atoms with van der Waals surface area (Å²) >= 11 is 0. The van der Waals surface area contributed by atoms with Crippen molar-refractivity contribution in [3.8, 4) is 0 Å². The van der Waals surface area contributed by atoms with E-state index in [0.29, 0.717) is 5.92 Å². The van der Waals surface area contributed by atoms with Gasteiger partial charge in [0, 0.05) is 5.82 Å². The van der Waals surface area contributed by atoms with Crippen LogP contribution in [-0.4, -0.2) is 19.8 Å². The predicted octanol–water partition coefficient (Wildman–Crippen LogP) is 2.00. The van der Waals surface area contributed by atoms with Gasteiger partial charge in [-0.1, -0.05) is 0 Å². The summed E-state index contributed by atoms with van der Waals surface area (Å²) in [5.74, 6) is -1.38. The number of esters is 1. The van der Waals surface area contributed by atoms with Crippen molar-refractivity contribution in [1.82, 2.24) is 0 Å². The zero-order valence-electron chi connectivity index (χ0n) is 8.08. The minimum Gasteiger partial charge on any atom is -0.466 e. The van der Waals surface area contributed by atoms with Crippen molar-refractivity contribution in [2.45, 2.75) is 25.6 Å². The minimum absolute atomic E-state index is 0.0888. The van der Waals surface area contributed by atoms with Gasteiger partial charge in [-0.2, -0.15) is 0 Å². The Hall–Kier alpha value is -0.605. The highest BCUT2D eigenvalue weighted by Crippen LogP contribution is 2.64. The van der Waals surface area contributed by atoms with E-state index in [1.165, 1.54) is 0 Å². The van der Waals surface area contributed by atoms with E-state index in [1.807, 2.05) is 0 Å². The smallest absolute Gasteiger partial charge is 0.466 e. The summed E-state index contributed by atoms with van der Waals surface area (Å²) in [5, 5.41) is 0. The van der Waals surface area contributed by atoms with Crippen molar-refractivity contribution in [2.75, 3.05) is 6.61 Å². The largest absolute Gasteiger partial charge is 0.542 e. The Morgan fingerprint density at radius 2 is 2.14 bits per heavy atom. The Balaban J connectivity index is 1.94. The van der Waals surface area contributed by atoms with Crippen LogP contribution in [0.4, 0.5) is 8.63 Å². The zero-order valence-corrected chi connectivity index (χ0v) is 8.08. The Kier molecular flexibility index (Phi) is 2.49. The van der Waals surface area contributed by atoms with Crippen molar-refractivity contribution in [3.05, 3.63) is 0 Å². The quantitative estimate of drug-likeness (QED) is 0.514. The summed E-state index contributed by atoms with van der Waals surface area (Å²) in [6.45, 7) is 1.98. The molecule has 2 aliphatic rings. The molecule has 2 aliphatic carbocycles. The second-order valence-corrected chi connectivity index (χ2v) is 4.10. The molecule has 14 heavy (non-hydrogen) atoms. The topological polar surface area (TPSA) is 26.3 Å². The van der Waals surface area contributed by atoms with E-state index in [2.05, 4.69) is 0 Å². The van der Waals surface area contributed by atoms with Crippen LogP contribution in [0.3, 0.4) is 0 Å². The molecule has 0 bridgehead atoms. The number of carbonyl (C=O) groups excluding carboxylic acids is 1. The lowest BCUT2D eigenvalue weighted by Gasteiger charge is -1.99. The second-order valence-electron chi connectivity index (χ2n) is 4.10. The van der Waals surface area contributed by atoms with Crippen LogP contribution in [0.15, 0.2) is 0 Å². The lowest BCUT2D eigenvalue weighted by Crippen LogP contribution is -2.10. The van der Waals surface area contributed by atoms with E-state index in [1.54, 1.807) is 6.92 Å². The maximum Gasteiger partial charge on any atom is 0.542 e. The second kappa shape index (κ2) is 3.52. The van der Waals surface area contributed by atoms with Crippen LogP contribution < -0.4 is 0 Å². The molecular formula is C9H13BF2O2. The Labute approximate surface area is 82.2 Å². The lowest BCUT2D eigenvalue weighted by atomic mass is 9.86. The molecule has 2 saturated carbocycles. The van der Waals surface area contributed by atoms with E-state index in [9.17, 15) is 13.4 Å². The van der Waals surface area contributed by atoms with Crippen molar-refractivity contribution in [1.29, 1.82) is 0 Å². The summed E-state index contributed by atoms with van der Waals surface area (Å²) in [7, 11) is -2.37. The van der Waals surface area contributed by atoms with E-state index in [-0.39, 0.29) is 12.5 Å². The highest BCUT2D eigenvalue weighted by atomic mass is 19.2. The monoisotopic (exact) mass is 202 g/mol. The molecule has 0 spiro atoms. The first-order chi connectivity index (χ1) is 6.66. The molecule has 0 saturated heterocycles. The third-order valence-corrected chi connectivity index (χ3v) is 3.15. The average molecular weight is 202 g/mol. The fraction of sp³-hybridized carbons (Fsp3) is 0.889. The van der Waals surface area contributed by atoms with Crippen LogP contribution in [0.1, 0.15) is 19.8 Å². The summed E-state index contributed by atoms with van der Waals surface area (Å²) < 4.78 is 29.8. The molecule has 78 valence electrons. The minimum atomic E-state index is -2.37. The van der Waals surface area contributed by atoms with Crippen molar-refractivity contribution >= 4 is 13.2 Å². The van der Waals surface area contributed by atoms with Crippen LogP contribution in [-0.2, 0) is 9.53 Å². The molecule has 0 N–H and O–H groups in total. The zero-order chi connectivity index (χ0) is 10.3. The molecule has 2 fully saturated rings. The molecule has 3 unspecified atom stereocenters. The van der Waals surface area contributed by atoms with Gasteiger partial charge in [0.05, 0.1) is 12.5 Å². The van der Waals surface area contributed by atoms with Crippen molar-refractivity contribution in [3.63, 3.8) is 0 Å². The molecule has 2 rings (SSSR count). The number of carbonyl (C=O) groups is 1. The van der Waals surface area contributed by atoms with Gasteiger partial charge in [0.25, 0.3) is 0 Å². The van der Waals surface area contributed by atoms with Gasteiger partial charge in [0.1, 0.15) is 0 Å². The van der Waals surface area contributed by atoms with Gasteiger partial charge in [-0.15, -0.1) is 0 Å². The molecule has 0 heterocycles. The first kappa shape index (κ1) is 9.93. The highest BCUT2D eigenvalue weighted by Gasteiger charge is 2.66. The number of hydrogen-bond donors (Lipinski definition) is 0. The standard InChI is InChI=1S/C9H13BF2O2/c1-2-14-9(13)7-6(5-3-4-5)8(7)10(11)12/h5-8H,2-4H2,1H3. The molecule has 0 aromatic rings. The van der Waals surface area contributed by atoms with Gasteiger partial charge in [0.2, 0.25) is 0 Å². The molecule has 2 nitrogen and oxygen atoms in total. The lowest BCUT2D eigenvalue weighted by molar-refractivity contribution is -0.145. The van der Waals surface area contributed by atoms with Crippen molar-refractivity contribution < 1.29 is 18.2 Å². The third-order valence-electron chi connectivity index (χ3n) is 3.15. The van der Waals surface area contributed by atoms with Crippen LogP contribution >= 0.6 is 0 Å². The van der Waals surface area contributed by atoms with Crippen LogP contribution in [0, 0.1) is 17.8 Å². The fourth-order valence-electron chi connectivity index (χ4n) is 2.33. The van der Waals surface area contributed by atoms with Gasteiger partial charge < -0.3 is 4.74 Å². The molecule has 5 heteroatoms. The van der Waals surface area contributed by atoms with E-state index < -0.39 is 25.0 Å². The fourth-order valence-corrected chi connectivity index (χ4v) is 2.33. The van der Waals surface area contributed by atoms with Crippen LogP contribution in [0.5, 0.6) is 0 Å². The van der Waals surface area contributed by atoms with Gasteiger partial charge in [-0.3, -0.25) is 13.4 Å². The summed E-state index contributed by atoms with van der Waals surface area (Å²) in [4.78, 5) is 11.3. The van der Waals surface area contributed by atoms with Gasteiger partial charge in [-0.05, 0) is 31.6 Å². The third kappa shape index (κ3) is 1.64. The SMILES string of the molecule is CCOC(=O)C1C(B(F)F)C1C1CC1. The summed E-state index contributed by atoms with van der Waals surface area (Å²) in [5.41, 5.74) is 0. The van der Waals surface area contributed by atoms with Crippen molar-refractivity contribution in [2.24, 2.45) is 17.8 Å². The van der Waals surface area contributed by atoms with Gasteiger partial charge >= 0.3 is 13.2 Å². The first-order valence-corrected chi connectivity index (χ1v) is 5.11. The molecule has 3 atom stereocenters. The Bertz CT molecular complexity index is 235. The Morgan fingerprint density at radius 1 is 1.50 bits per heavy atom. The first-order valence-electron chi connectivity index (χ1n) is 5.11. The van der Waals surface area contributed by atoms with Gasteiger partial charge in [-0.25, -0.2) is 0 Å². The number of rotatable bonds is 4. The summed E-state index contributed by atoms with van der Waals surface area (Å²) in [6.07, 6.45) is 2.01. The number of halogens is 2. The molecule has 0 aromatic heterocycles. The molecule has 0 amide bonds. The maximum atomic E-state index is 12.5. The number of ether oxygens (including phenoxy) is 1. The van der Waals surface area contributed by atoms with E-state index in [0.717, 1.165) is 12.8 Å².